The van der Waals surface area contributed by atoms with Crippen molar-refractivity contribution >= 4 is 12.0 Å². The zero-order valence-corrected chi connectivity index (χ0v) is 14.2. The molecule has 0 aromatic carbocycles. The summed E-state index contributed by atoms with van der Waals surface area (Å²) in [5.41, 5.74) is 0.0932. The Morgan fingerprint density at radius 2 is 1.91 bits per heavy atom. The number of nitrogens with zero attached hydrogens (tertiary/aromatic N) is 4. The average Bonchev–Trinajstić information content (AvgIpc) is 3.11. The van der Waals surface area contributed by atoms with E-state index in [1.54, 1.807) is 22.0 Å². The molecule has 126 valence electrons. The lowest BCUT2D eigenvalue weighted by molar-refractivity contribution is -0.0143. The molecule has 1 saturated heterocycles. The van der Waals surface area contributed by atoms with Gasteiger partial charge < -0.3 is 19.1 Å². The van der Waals surface area contributed by atoms with E-state index in [-0.39, 0.29) is 18.0 Å². The molecule has 7 heteroatoms. The topological polar surface area (TPSA) is 67.7 Å². The number of amides is 2. The fourth-order valence-corrected chi connectivity index (χ4v) is 2.78. The van der Waals surface area contributed by atoms with Gasteiger partial charge in [-0.05, 0) is 33.6 Å². The zero-order chi connectivity index (χ0) is 16.8. The predicted octanol–water partition coefficient (Wildman–Crippen LogP) is 1.64. The quantitative estimate of drug-likeness (QED) is 0.849. The molecule has 0 unspecified atom stereocenters. The SMILES string of the molecule is Cn1cncc1C(=O)N(C1CC1)C1CN(C(=O)OC(C)(C)C)C1. The Hall–Kier alpha value is -2.05. The summed E-state index contributed by atoms with van der Waals surface area (Å²) in [7, 11) is 1.82. The van der Waals surface area contributed by atoms with Gasteiger partial charge in [-0.3, -0.25) is 4.79 Å². The molecule has 0 N–H and O–H groups in total. The van der Waals surface area contributed by atoms with Crippen LogP contribution in [0.5, 0.6) is 0 Å². The van der Waals surface area contributed by atoms with Crippen molar-refractivity contribution in [1.29, 1.82) is 0 Å². The first-order valence-electron chi connectivity index (χ1n) is 8.03. The van der Waals surface area contributed by atoms with E-state index < -0.39 is 5.60 Å². The van der Waals surface area contributed by atoms with Crippen LogP contribution < -0.4 is 0 Å². The minimum Gasteiger partial charge on any atom is -0.444 e. The standard InChI is InChI=1S/C16H24N4O3/c1-16(2,3)23-15(22)19-8-12(9-19)20(11-5-6-11)14(21)13-7-17-10-18(13)4/h7,10-12H,5-6,8-9H2,1-4H3. The number of carbonyl (C=O) groups is 2. The van der Waals surface area contributed by atoms with Crippen LogP contribution in [0.2, 0.25) is 0 Å². The number of aromatic nitrogens is 2. The normalized spacial score (nSPS) is 18.5. The van der Waals surface area contributed by atoms with E-state index in [0.29, 0.717) is 24.8 Å². The molecular formula is C16H24N4O3. The molecule has 1 aromatic heterocycles. The van der Waals surface area contributed by atoms with Crippen LogP contribution in [0.4, 0.5) is 4.79 Å². The third-order valence-corrected chi connectivity index (χ3v) is 4.12. The van der Waals surface area contributed by atoms with Crippen molar-refractivity contribution in [3.8, 4) is 0 Å². The van der Waals surface area contributed by atoms with E-state index in [2.05, 4.69) is 4.98 Å². The van der Waals surface area contributed by atoms with Gasteiger partial charge in [-0.15, -0.1) is 0 Å². The summed E-state index contributed by atoms with van der Waals surface area (Å²) in [5, 5.41) is 0. The molecule has 1 aromatic rings. The van der Waals surface area contributed by atoms with Crippen LogP contribution >= 0.6 is 0 Å². The van der Waals surface area contributed by atoms with Crippen LogP contribution in [0.15, 0.2) is 12.5 Å². The Balaban J connectivity index is 1.63. The Morgan fingerprint density at radius 1 is 1.26 bits per heavy atom. The van der Waals surface area contributed by atoms with Crippen molar-refractivity contribution in [3.05, 3.63) is 18.2 Å². The number of hydrogen-bond donors (Lipinski definition) is 0. The highest BCUT2D eigenvalue weighted by Gasteiger charge is 2.45. The fraction of sp³-hybridized carbons (Fsp3) is 0.688. The van der Waals surface area contributed by atoms with Gasteiger partial charge in [0.25, 0.3) is 5.91 Å². The molecule has 0 bridgehead atoms. The van der Waals surface area contributed by atoms with E-state index in [9.17, 15) is 9.59 Å². The van der Waals surface area contributed by atoms with E-state index in [1.165, 1.54) is 0 Å². The van der Waals surface area contributed by atoms with Crippen molar-refractivity contribution in [2.24, 2.45) is 7.05 Å². The van der Waals surface area contributed by atoms with Crippen molar-refractivity contribution in [2.75, 3.05) is 13.1 Å². The second-order valence-electron chi connectivity index (χ2n) is 7.37. The maximum atomic E-state index is 12.8. The highest BCUT2D eigenvalue weighted by Crippen LogP contribution is 2.33. The highest BCUT2D eigenvalue weighted by atomic mass is 16.6. The molecule has 2 fully saturated rings. The number of carbonyl (C=O) groups excluding carboxylic acids is 2. The van der Waals surface area contributed by atoms with Crippen LogP contribution in [0.25, 0.3) is 0 Å². The van der Waals surface area contributed by atoms with E-state index >= 15 is 0 Å². The Labute approximate surface area is 136 Å². The summed E-state index contributed by atoms with van der Waals surface area (Å²) in [6.45, 7) is 6.63. The Morgan fingerprint density at radius 3 is 2.39 bits per heavy atom. The molecule has 2 amide bonds. The van der Waals surface area contributed by atoms with Gasteiger partial charge >= 0.3 is 6.09 Å². The Kier molecular flexibility index (Phi) is 3.82. The molecule has 0 radical (unpaired) electrons. The minimum atomic E-state index is -0.497. The fourth-order valence-electron chi connectivity index (χ4n) is 2.78. The van der Waals surface area contributed by atoms with Crippen LogP contribution in [-0.4, -0.2) is 62.1 Å². The molecule has 7 nitrogen and oxygen atoms in total. The Bertz CT molecular complexity index is 609. The molecule has 0 atom stereocenters. The van der Waals surface area contributed by atoms with Gasteiger partial charge in [0.2, 0.25) is 0 Å². The largest absolute Gasteiger partial charge is 0.444 e. The third-order valence-electron chi connectivity index (χ3n) is 4.12. The number of ether oxygens (including phenoxy) is 1. The van der Waals surface area contributed by atoms with E-state index in [0.717, 1.165) is 12.8 Å². The number of hydrogen-bond acceptors (Lipinski definition) is 4. The van der Waals surface area contributed by atoms with Crippen LogP contribution in [0.3, 0.4) is 0 Å². The summed E-state index contributed by atoms with van der Waals surface area (Å²) in [5.74, 6) is 0.00124. The summed E-state index contributed by atoms with van der Waals surface area (Å²) >= 11 is 0. The van der Waals surface area contributed by atoms with Gasteiger partial charge in [0.15, 0.2) is 0 Å². The smallest absolute Gasteiger partial charge is 0.410 e. The summed E-state index contributed by atoms with van der Waals surface area (Å²) < 4.78 is 7.11. The summed E-state index contributed by atoms with van der Waals surface area (Å²) in [6.07, 6.45) is 4.99. The van der Waals surface area contributed by atoms with Crippen LogP contribution in [0, 0.1) is 0 Å². The molecule has 23 heavy (non-hydrogen) atoms. The van der Waals surface area contributed by atoms with E-state index in [1.807, 2.05) is 32.7 Å². The van der Waals surface area contributed by atoms with Gasteiger partial charge in [-0.1, -0.05) is 0 Å². The molecule has 1 aliphatic carbocycles. The second-order valence-corrected chi connectivity index (χ2v) is 7.37. The molecule has 1 saturated carbocycles. The van der Waals surface area contributed by atoms with Gasteiger partial charge in [0, 0.05) is 26.2 Å². The zero-order valence-electron chi connectivity index (χ0n) is 14.2. The summed E-state index contributed by atoms with van der Waals surface area (Å²) in [4.78, 5) is 32.4. The maximum absolute atomic E-state index is 12.8. The van der Waals surface area contributed by atoms with E-state index in [4.69, 9.17) is 4.74 Å². The van der Waals surface area contributed by atoms with Gasteiger partial charge in [0.05, 0.1) is 18.6 Å². The highest BCUT2D eigenvalue weighted by molar-refractivity contribution is 5.93. The number of rotatable bonds is 3. The number of likely N-dealkylation sites (tertiary alicyclic amines) is 1. The predicted molar refractivity (Wildman–Crippen MR) is 84.0 cm³/mol. The monoisotopic (exact) mass is 320 g/mol. The average molecular weight is 320 g/mol. The molecule has 2 heterocycles. The molecule has 0 spiro atoms. The van der Waals surface area contributed by atoms with Crippen LogP contribution in [-0.2, 0) is 11.8 Å². The lowest BCUT2D eigenvalue weighted by Gasteiger charge is -2.45. The second kappa shape index (κ2) is 5.54. The molecular weight excluding hydrogens is 296 g/mol. The van der Waals surface area contributed by atoms with Gasteiger partial charge in [-0.2, -0.15) is 0 Å². The number of imidazole rings is 1. The van der Waals surface area contributed by atoms with Crippen molar-refractivity contribution in [2.45, 2.75) is 51.3 Å². The molecule has 2 aliphatic rings. The minimum absolute atomic E-state index is 0.00124. The van der Waals surface area contributed by atoms with Gasteiger partial charge in [0.1, 0.15) is 11.3 Å². The lowest BCUT2D eigenvalue weighted by Crippen LogP contribution is -2.63. The first kappa shape index (κ1) is 15.8. The summed E-state index contributed by atoms with van der Waals surface area (Å²) in [6, 6.07) is 0.362. The van der Waals surface area contributed by atoms with Crippen molar-refractivity contribution < 1.29 is 14.3 Å². The van der Waals surface area contributed by atoms with Crippen LogP contribution in [0.1, 0.15) is 44.1 Å². The third kappa shape index (κ3) is 3.33. The van der Waals surface area contributed by atoms with Crippen molar-refractivity contribution in [1.82, 2.24) is 19.4 Å². The molecule has 1 aliphatic heterocycles. The number of aryl methyl sites for hydroxylation is 1. The lowest BCUT2D eigenvalue weighted by atomic mass is 10.1. The first-order chi connectivity index (χ1) is 10.8. The molecule has 3 rings (SSSR count). The first-order valence-corrected chi connectivity index (χ1v) is 8.03. The van der Waals surface area contributed by atoms with Crippen molar-refractivity contribution in [3.63, 3.8) is 0 Å². The van der Waals surface area contributed by atoms with Gasteiger partial charge in [-0.25, -0.2) is 9.78 Å². The maximum Gasteiger partial charge on any atom is 0.410 e.